The van der Waals surface area contributed by atoms with Crippen molar-refractivity contribution in [2.45, 2.75) is 19.9 Å². The molecule has 3 heterocycles. The monoisotopic (exact) mass is 477 g/mol. The van der Waals surface area contributed by atoms with Gasteiger partial charge in [-0.1, -0.05) is 19.9 Å². The first-order valence-corrected chi connectivity index (χ1v) is 11.8. The van der Waals surface area contributed by atoms with Gasteiger partial charge in [-0.2, -0.15) is 0 Å². The van der Waals surface area contributed by atoms with Crippen LogP contribution in [0.5, 0.6) is 17.2 Å². The fourth-order valence-electron chi connectivity index (χ4n) is 3.98. The summed E-state index contributed by atoms with van der Waals surface area (Å²) in [7, 11) is 0. The summed E-state index contributed by atoms with van der Waals surface area (Å²) < 4.78 is 16.5. The lowest BCUT2D eigenvalue weighted by Crippen LogP contribution is -2.29. The number of Topliss-reactive ketones (excluding diaryl/α,β-unsaturated/α-hetero) is 1. The largest absolute Gasteiger partial charge is 0.507 e. The van der Waals surface area contributed by atoms with Crippen LogP contribution in [0.25, 0.3) is 5.76 Å². The van der Waals surface area contributed by atoms with Crippen LogP contribution in [0.4, 0.5) is 5.69 Å². The van der Waals surface area contributed by atoms with Crippen LogP contribution >= 0.6 is 11.3 Å². The van der Waals surface area contributed by atoms with Crippen molar-refractivity contribution in [2.75, 3.05) is 18.3 Å². The first kappa shape index (κ1) is 22.0. The topological polar surface area (TPSA) is 85.3 Å². The number of carbonyl (C=O) groups is 2. The highest BCUT2D eigenvalue weighted by atomic mass is 32.1. The first-order chi connectivity index (χ1) is 16.4. The lowest BCUT2D eigenvalue weighted by Gasteiger charge is -2.24. The minimum absolute atomic E-state index is 0.0426. The van der Waals surface area contributed by atoms with Crippen LogP contribution in [0.1, 0.15) is 30.3 Å². The third kappa shape index (κ3) is 3.90. The highest BCUT2D eigenvalue weighted by Gasteiger charge is 2.47. The van der Waals surface area contributed by atoms with Gasteiger partial charge in [0.05, 0.1) is 12.2 Å². The van der Waals surface area contributed by atoms with Gasteiger partial charge < -0.3 is 19.3 Å². The summed E-state index contributed by atoms with van der Waals surface area (Å²) in [4.78, 5) is 28.6. The standard InChI is InChI=1S/C26H23NO6S/c1-15(2)13-31-18-8-5-16(6-9-18)24(28)22-23(21-4-3-11-34-21)27(26(30)25(22)29)17-7-10-19-20(12-17)33-14-32-19/h3-12,15,23,28H,13-14H2,1-2H3/b24-22-. The van der Waals surface area contributed by atoms with Crippen molar-refractivity contribution >= 4 is 34.5 Å². The van der Waals surface area contributed by atoms with Gasteiger partial charge in [0.1, 0.15) is 17.6 Å². The van der Waals surface area contributed by atoms with Crippen molar-refractivity contribution in [3.05, 3.63) is 76.0 Å². The van der Waals surface area contributed by atoms with E-state index < -0.39 is 17.7 Å². The van der Waals surface area contributed by atoms with E-state index in [4.69, 9.17) is 14.2 Å². The molecule has 0 radical (unpaired) electrons. The molecule has 1 saturated heterocycles. The smallest absolute Gasteiger partial charge is 0.300 e. The number of thiophene rings is 1. The van der Waals surface area contributed by atoms with Crippen molar-refractivity contribution < 1.29 is 28.9 Å². The average molecular weight is 478 g/mol. The summed E-state index contributed by atoms with van der Waals surface area (Å²) in [6, 6.07) is 14.9. The first-order valence-electron chi connectivity index (χ1n) is 10.9. The Morgan fingerprint density at radius 3 is 2.59 bits per heavy atom. The molecule has 1 aromatic heterocycles. The molecule has 1 unspecified atom stereocenters. The van der Waals surface area contributed by atoms with Crippen LogP contribution in [0, 0.1) is 5.92 Å². The minimum atomic E-state index is -0.766. The van der Waals surface area contributed by atoms with Crippen LogP contribution in [0.3, 0.4) is 0 Å². The highest BCUT2D eigenvalue weighted by Crippen LogP contribution is 2.45. The number of nitrogens with zero attached hydrogens (tertiary/aromatic N) is 1. The van der Waals surface area contributed by atoms with Crippen LogP contribution in [-0.4, -0.2) is 30.2 Å². The Kier molecular flexibility index (Phi) is 5.75. The van der Waals surface area contributed by atoms with E-state index in [-0.39, 0.29) is 18.1 Å². The maximum absolute atomic E-state index is 13.2. The number of rotatable bonds is 6. The van der Waals surface area contributed by atoms with E-state index in [0.29, 0.717) is 41.0 Å². The Morgan fingerprint density at radius 2 is 1.88 bits per heavy atom. The molecule has 5 rings (SSSR count). The quantitative estimate of drug-likeness (QED) is 0.301. The fraction of sp³-hybridized carbons (Fsp3) is 0.231. The molecule has 2 aromatic carbocycles. The maximum Gasteiger partial charge on any atom is 0.300 e. The SMILES string of the molecule is CC(C)COc1ccc(/C(O)=C2/C(=O)C(=O)N(c3ccc4c(c3)OCO4)C2c2cccs2)cc1. The minimum Gasteiger partial charge on any atom is -0.507 e. The number of hydrogen-bond acceptors (Lipinski definition) is 7. The van der Waals surface area contributed by atoms with Gasteiger partial charge in [0.2, 0.25) is 6.79 Å². The number of benzene rings is 2. The Balaban J connectivity index is 1.56. The molecule has 34 heavy (non-hydrogen) atoms. The molecule has 7 nitrogen and oxygen atoms in total. The van der Waals surface area contributed by atoms with E-state index in [1.54, 1.807) is 42.5 Å². The lowest BCUT2D eigenvalue weighted by atomic mass is 9.99. The number of amides is 1. The van der Waals surface area contributed by atoms with Gasteiger partial charge in [-0.3, -0.25) is 14.5 Å². The molecule has 174 valence electrons. The van der Waals surface area contributed by atoms with Crippen LogP contribution in [0.15, 0.2) is 65.6 Å². The molecular weight excluding hydrogens is 454 g/mol. The summed E-state index contributed by atoms with van der Waals surface area (Å²) in [6.07, 6.45) is 0. The number of anilines is 1. The molecule has 3 aromatic rings. The van der Waals surface area contributed by atoms with Gasteiger partial charge in [0, 0.05) is 22.2 Å². The Hall–Kier alpha value is -3.78. The van der Waals surface area contributed by atoms with E-state index in [9.17, 15) is 14.7 Å². The Bertz CT molecular complexity index is 1260. The summed E-state index contributed by atoms with van der Waals surface area (Å²) in [5, 5.41) is 13.1. The molecule has 1 atom stereocenters. The second kappa shape index (κ2) is 8.87. The molecule has 0 aliphatic carbocycles. The van der Waals surface area contributed by atoms with E-state index in [1.807, 2.05) is 17.5 Å². The number of ether oxygens (including phenoxy) is 3. The van der Waals surface area contributed by atoms with Crippen molar-refractivity contribution in [3.8, 4) is 17.2 Å². The number of ketones is 1. The van der Waals surface area contributed by atoms with Gasteiger partial charge in [-0.25, -0.2) is 0 Å². The van der Waals surface area contributed by atoms with Crippen LogP contribution in [0.2, 0.25) is 0 Å². The molecule has 0 saturated carbocycles. The predicted molar refractivity (Wildman–Crippen MR) is 128 cm³/mol. The number of fused-ring (bicyclic) bond motifs is 1. The molecule has 0 spiro atoms. The zero-order valence-electron chi connectivity index (χ0n) is 18.7. The fourth-order valence-corrected chi connectivity index (χ4v) is 4.80. The third-order valence-electron chi connectivity index (χ3n) is 5.60. The van der Waals surface area contributed by atoms with Crippen LogP contribution < -0.4 is 19.1 Å². The Labute approximate surface area is 200 Å². The summed E-state index contributed by atoms with van der Waals surface area (Å²) in [5.41, 5.74) is 0.962. The van der Waals surface area contributed by atoms with Crippen molar-refractivity contribution in [1.29, 1.82) is 0 Å². The number of hydrogen-bond donors (Lipinski definition) is 1. The normalized spacial score (nSPS) is 18.7. The van der Waals surface area contributed by atoms with Gasteiger partial charge in [-0.05, 0) is 53.8 Å². The maximum atomic E-state index is 13.2. The number of aliphatic hydroxyl groups is 1. The molecule has 1 fully saturated rings. The molecule has 0 bridgehead atoms. The summed E-state index contributed by atoms with van der Waals surface area (Å²) in [5.74, 6) is 0.445. The van der Waals surface area contributed by atoms with E-state index in [2.05, 4.69) is 13.8 Å². The van der Waals surface area contributed by atoms with Crippen molar-refractivity contribution in [2.24, 2.45) is 5.92 Å². The predicted octanol–water partition coefficient (Wildman–Crippen LogP) is 5.14. The Morgan fingerprint density at radius 1 is 1.12 bits per heavy atom. The van der Waals surface area contributed by atoms with E-state index in [0.717, 1.165) is 4.88 Å². The van der Waals surface area contributed by atoms with Gasteiger partial charge in [-0.15, -0.1) is 11.3 Å². The average Bonchev–Trinajstić information content (AvgIpc) is 3.58. The number of aliphatic hydroxyl groups excluding tert-OH is 1. The molecular formula is C26H23NO6S. The second-order valence-corrected chi connectivity index (χ2v) is 9.43. The second-order valence-electron chi connectivity index (χ2n) is 8.45. The lowest BCUT2D eigenvalue weighted by molar-refractivity contribution is -0.132. The van der Waals surface area contributed by atoms with Gasteiger partial charge in [0.25, 0.3) is 11.7 Å². The molecule has 8 heteroatoms. The molecule has 2 aliphatic rings. The zero-order valence-corrected chi connectivity index (χ0v) is 19.5. The molecule has 1 N–H and O–H groups in total. The third-order valence-corrected chi connectivity index (χ3v) is 6.53. The molecule has 2 aliphatic heterocycles. The van der Waals surface area contributed by atoms with E-state index >= 15 is 0 Å². The van der Waals surface area contributed by atoms with Crippen molar-refractivity contribution in [1.82, 2.24) is 0 Å². The van der Waals surface area contributed by atoms with E-state index in [1.165, 1.54) is 16.2 Å². The van der Waals surface area contributed by atoms with Crippen LogP contribution in [-0.2, 0) is 9.59 Å². The zero-order chi connectivity index (χ0) is 23.8. The summed E-state index contributed by atoms with van der Waals surface area (Å²) >= 11 is 1.41. The van der Waals surface area contributed by atoms with Gasteiger partial charge in [0.15, 0.2) is 11.5 Å². The van der Waals surface area contributed by atoms with Gasteiger partial charge >= 0.3 is 0 Å². The molecule has 1 amide bonds. The number of carbonyl (C=O) groups excluding carboxylic acids is 2. The highest BCUT2D eigenvalue weighted by molar-refractivity contribution is 7.10. The summed E-state index contributed by atoms with van der Waals surface area (Å²) in [6.45, 7) is 4.79. The van der Waals surface area contributed by atoms with Crippen molar-refractivity contribution in [3.63, 3.8) is 0 Å².